The molecule has 0 N–H and O–H groups in total. The normalized spacial score (nSPS) is 22.3. The number of carbonyl (C=O) groups excluding carboxylic acids is 1. The van der Waals surface area contributed by atoms with Crippen LogP contribution in [0, 0.1) is 11.6 Å². The molecule has 0 aromatic heterocycles. The summed E-state index contributed by atoms with van der Waals surface area (Å²) in [7, 11) is 1.30. The van der Waals surface area contributed by atoms with Crippen LogP contribution in [-0.4, -0.2) is 43.1 Å². The molecular weight excluding hydrogens is 342 g/mol. The second-order valence-corrected chi connectivity index (χ2v) is 6.52. The highest BCUT2D eigenvalue weighted by atomic mass is 19.2. The smallest absolute Gasteiger partial charge is 0.338 e. The average molecular weight is 364 g/mol. The molecule has 140 valence electrons. The first-order valence-corrected chi connectivity index (χ1v) is 8.60. The Hall–Kier alpha value is -2.28. The molecule has 2 unspecified atom stereocenters. The topological polar surface area (TPSA) is 54.4 Å². The molecule has 1 aromatic rings. The number of ether oxygens (including phenoxy) is 2. The van der Waals surface area contributed by atoms with Gasteiger partial charge in [0.2, 0.25) is 0 Å². The van der Waals surface area contributed by atoms with Crippen molar-refractivity contribution < 1.29 is 23.0 Å². The van der Waals surface area contributed by atoms with Gasteiger partial charge in [0.1, 0.15) is 5.84 Å². The minimum Gasteiger partial charge on any atom is -0.466 e. The maximum Gasteiger partial charge on any atom is 0.338 e. The van der Waals surface area contributed by atoms with Crippen LogP contribution in [0.15, 0.2) is 34.5 Å². The molecule has 3 rings (SSSR count). The number of benzene rings is 1. The Bertz CT molecular complexity index is 772. The minimum atomic E-state index is -0.948. The summed E-state index contributed by atoms with van der Waals surface area (Å²) in [5.41, 5.74) is 1.35. The molecule has 2 aliphatic rings. The van der Waals surface area contributed by atoms with Gasteiger partial charge >= 0.3 is 5.97 Å². The summed E-state index contributed by atoms with van der Waals surface area (Å²) in [6.07, 6.45) is 2.05. The van der Waals surface area contributed by atoms with E-state index in [2.05, 4.69) is 4.99 Å². The van der Waals surface area contributed by atoms with Gasteiger partial charge in [-0.15, -0.1) is 0 Å². The summed E-state index contributed by atoms with van der Waals surface area (Å²) in [6, 6.07) is 3.13. The van der Waals surface area contributed by atoms with Crippen LogP contribution in [0.1, 0.15) is 38.3 Å². The van der Waals surface area contributed by atoms with E-state index in [0.717, 1.165) is 37.4 Å². The van der Waals surface area contributed by atoms with Gasteiger partial charge in [0.05, 0.1) is 37.1 Å². The van der Waals surface area contributed by atoms with Gasteiger partial charge in [0.25, 0.3) is 0 Å². The number of hydrogen-bond acceptors (Lipinski definition) is 5. The molecule has 2 heterocycles. The molecule has 26 heavy (non-hydrogen) atoms. The van der Waals surface area contributed by atoms with Crippen LogP contribution in [0.3, 0.4) is 0 Å². The zero-order valence-corrected chi connectivity index (χ0v) is 15.1. The predicted octanol–water partition coefficient (Wildman–Crippen LogP) is 3.37. The fraction of sp³-hybridized carbons (Fsp3) is 0.474. The number of rotatable bonds is 6. The van der Waals surface area contributed by atoms with Gasteiger partial charge in [0, 0.05) is 6.54 Å². The summed E-state index contributed by atoms with van der Waals surface area (Å²) >= 11 is 0. The third-order valence-electron chi connectivity index (χ3n) is 4.71. The van der Waals surface area contributed by atoms with Crippen molar-refractivity contribution in [2.75, 3.05) is 20.3 Å². The number of hydrogen-bond donors (Lipinski definition) is 0. The van der Waals surface area contributed by atoms with Crippen molar-refractivity contribution in [3.05, 3.63) is 46.7 Å². The van der Waals surface area contributed by atoms with Gasteiger partial charge in [-0.25, -0.2) is 18.6 Å². The lowest BCUT2D eigenvalue weighted by Gasteiger charge is -2.37. The van der Waals surface area contributed by atoms with E-state index in [1.807, 2.05) is 11.8 Å². The first kappa shape index (κ1) is 18.5. The number of halogens is 2. The zero-order valence-electron chi connectivity index (χ0n) is 15.1. The van der Waals surface area contributed by atoms with Crippen LogP contribution in [0.5, 0.6) is 0 Å². The Morgan fingerprint density at radius 2 is 2.08 bits per heavy atom. The number of epoxide rings is 1. The Labute approximate surface area is 151 Å². The molecule has 0 amide bonds. The van der Waals surface area contributed by atoms with E-state index in [9.17, 15) is 13.6 Å². The van der Waals surface area contributed by atoms with Crippen molar-refractivity contribution in [3.63, 3.8) is 0 Å². The Morgan fingerprint density at radius 1 is 1.35 bits per heavy atom. The molecule has 5 nitrogen and oxygen atoms in total. The fourth-order valence-corrected chi connectivity index (χ4v) is 3.32. The van der Waals surface area contributed by atoms with E-state index in [4.69, 9.17) is 9.47 Å². The molecule has 1 saturated heterocycles. The number of esters is 1. The van der Waals surface area contributed by atoms with Gasteiger partial charge in [-0.2, -0.15) is 0 Å². The standard InChI is InChI=1S/C19H22F2N2O3/c1-11-17(19(24)25-3)18(13-6-7-15(20)16(21)9-13)23(12(2)22-11)8-4-5-14-10-26-14/h6-7,9,14,18H,4-5,8,10H2,1-3H3. The number of amidine groups is 1. The van der Waals surface area contributed by atoms with Gasteiger partial charge < -0.3 is 14.4 Å². The Kier molecular flexibility index (Phi) is 5.36. The zero-order chi connectivity index (χ0) is 18.8. The van der Waals surface area contributed by atoms with E-state index in [0.29, 0.717) is 29.5 Å². The molecule has 1 fully saturated rings. The van der Waals surface area contributed by atoms with Crippen LogP contribution < -0.4 is 0 Å². The Balaban J connectivity index is 1.98. The van der Waals surface area contributed by atoms with Crippen molar-refractivity contribution >= 4 is 11.8 Å². The van der Waals surface area contributed by atoms with E-state index < -0.39 is 23.6 Å². The molecule has 2 aliphatic heterocycles. The lowest BCUT2D eigenvalue weighted by molar-refractivity contribution is -0.136. The maximum atomic E-state index is 13.9. The van der Waals surface area contributed by atoms with Crippen molar-refractivity contribution in [1.29, 1.82) is 0 Å². The Morgan fingerprint density at radius 3 is 2.69 bits per heavy atom. The highest BCUT2D eigenvalue weighted by Gasteiger charge is 2.35. The molecule has 0 radical (unpaired) electrons. The summed E-state index contributed by atoms with van der Waals surface area (Å²) in [6.45, 7) is 4.97. The molecule has 2 atom stereocenters. The van der Waals surface area contributed by atoms with Crippen molar-refractivity contribution in [2.45, 2.75) is 38.8 Å². The summed E-state index contributed by atoms with van der Waals surface area (Å²) < 4.78 is 37.4. The lowest BCUT2D eigenvalue weighted by Crippen LogP contribution is -2.40. The predicted molar refractivity (Wildman–Crippen MR) is 92.6 cm³/mol. The molecule has 0 bridgehead atoms. The van der Waals surface area contributed by atoms with Crippen LogP contribution in [0.2, 0.25) is 0 Å². The van der Waals surface area contributed by atoms with Crippen LogP contribution in [0.4, 0.5) is 8.78 Å². The molecule has 1 aromatic carbocycles. The van der Waals surface area contributed by atoms with Crippen LogP contribution in [0.25, 0.3) is 0 Å². The lowest BCUT2D eigenvalue weighted by atomic mass is 9.93. The summed E-state index contributed by atoms with van der Waals surface area (Å²) in [5.74, 6) is -1.67. The number of carbonyl (C=O) groups is 1. The second-order valence-electron chi connectivity index (χ2n) is 6.52. The highest BCUT2D eigenvalue weighted by Crippen LogP contribution is 2.36. The highest BCUT2D eigenvalue weighted by molar-refractivity contribution is 5.95. The van der Waals surface area contributed by atoms with E-state index in [1.54, 1.807) is 6.92 Å². The SMILES string of the molecule is COC(=O)C1=C(C)N=C(C)N(CCCC2CO2)C1c1ccc(F)c(F)c1. The average Bonchev–Trinajstić information content (AvgIpc) is 3.42. The van der Waals surface area contributed by atoms with Gasteiger partial charge in [-0.1, -0.05) is 6.07 Å². The second kappa shape index (κ2) is 7.53. The summed E-state index contributed by atoms with van der Waals surface area (Å²) in [5, 5.41) is 0. The van der Waals surface area contributed by atoms with Crippen molar-refractivity contribution in [3.8, 4) is 0 Å². The molecule has 0 saturated carbocycles. The molecule has 0 spiro atoms. The maximum absolute atomic E-state index is 13.9. The van der Waals surface area contributed by atoms with Crippen molar-refractivity contribution in [1.82, 2.24) is 4.90 Å². The van der Waals surface area contributed by atoms with Gasteiger partial charge in [-0.05, 0) is 44.4 Å². The van der Waals surface area contributed by atoms with Gasteiger partial charge in [-0.3, -0.25) is 0 Å². The molecule has 7 heteroatoms. The number of nitrogens with zero attached hydrogens (tertiary/aromatic N) is 2. The quantitative estimate of drug-likeness (QED) is 0.574. The first-order chi connectivity index (χ1) is 12.4. The van der Waals surface area contributed by atoms with E-state index in [1.165, 1.54) is 13.2 Å². The number of allylic oxidation sites excluding steroid dienone is 1. The van der Waals surface area contributed by atoms with E-state index in [-0.39, 0.29) is 0 Å². The summed E-state index contributed by atoms with van der Waals surface area (Å²) in [4.78, 5) is 18.8. The fourth-order valence-electron chi connectivity index (χ4n) is 3.32. The third-order valence-corrected chi connectivity index (χ3v) is 4.71. The van der Waals surface area contributed by atoms with E-state index >= 15 is 0 Å². The minimum absolute atomic E-state index is 0.302. The monoisotopic (exact) mass is 364 g/mol. The third kappa shape index (κ3) is 3.77. The van der Waals surface area contributed by atoms with Crippen molar-refractivity contribution in [2.24, 2.45) is 4.99 Å². The number of methoxy groups -OCH3 is 1. The van der Waals surface area contributed by atoms with Crippen LogP contribution >= 0.6 is 0 Å². The first-order valence-electron chi connectivity index (χ1n) is 8.60. The van der Waals surface area contributed by atoms with Gasteiger partial charge in [0.15, 0.2) is 11.6 Å². The molecule has 0 aliphatic carbocycles. The largest absolute Gasteiger partial charge is 0.466 e. The molecular formula is C19H22F2N2O3. The number of aliphatic imine (C=N–C) groups is 1. The van der Waals surface area contributed by atoms with Crippen LogP contribution in [-0.2, 0) is 14.3 Å².